The van der Waals surface area contributed by atoms with E-state index in [1.165, 1.54) is 20.5 Å². The van der Waals surface area contributed by atoms with Crippen LogP contribution in [0, 0.1) is 0 Å². The third-order valence-electron chi connectivity index (χ3n) is 5.95. The number of aromatic amines is 1. The topological polar surface area (TPSA) is 203 Å². The molecule has 17 heteroatoms. The van der Waals surface area contributed by atoms with Gasteiger partial charge in [0.1, 0.15) is 11.0 Å². The Bertz CT molecular complexity index is 1970. The normalized spacial score (nSPS) is 10.4. The van der Waals surface area contributed by atoms with E-state index >= 15 is 0 Å². The second-order valence-electron chi connectivity index (χ2n) is 8.92. The number of benzene rings is 2. The van der Waals surface area contributed by atoms with Gasteiger partial charge >= 0.3 is 11.9 Å². The number of nitrogens with one attached hydrogen (secondary N) is 1. The number of carbonyl (C=O) groups is 2. The number of halogens is 3. The number of alkyl halides is 1. The largest absolute Gasteiger partial charge is 0.465 e. The number of aromatic nitrogens is 8. The van der Waals surface area contributed by atoms with Gasteiger partial charge in [-0.1, -0.05) is 40.2 Å². The summed E-state index contributed by atoms with van der Waals surface area (Å²) < 4.78 is 11.1. The SMILES string of the molecule is COC(=O)c1cccc(CBr)c1.COC(=O)c1cccc(Cn2cnc3c(N)nc(Cl)nc32)c1.Nc1nc(Cl)nc2nc[nH]c12. The molecule has 4 aromatic heterocycles. The first-order chi connectivity index (χ1) is 21.6. The summed E-state index contributed by atoms with van der Waals surface area (Å²) in [5.41, 5.74) is 16.5. The van der Waals surface area contributed by atoms with Crippen LogP contribution in [0.15, 0.2) is 61.2 Å². The highest BCUT2D eigenvalue weighted by Gasteiger charge is 2.12. The molecule has 0 unspecified atom stereocenters. The van der Waals surface area contributed by atoms with E-state index in [1.54, 1.807) is 41.2 Å². The second kappa shape index (κ2) is 15.2. The van der Waals surface area contributed by atoms with Gasteiger partial charge in [-0.15, -0.1) is 0 Å². The molecule has 2 aromatic carbocycles. The van der Waals surface area contributed by atoms with Crippen molar-refractivity contribution in [2.75, 3.05) is 25.7 Å². The molecule has 14 nitrogen and oxygen atoms in total. The molecule has 6 rings (SSSR count). The number of H-pyrrole nitrogens is 1. The van der Waals surface area contributed by atoms with Crippen molar-refractivity contribution >= 4 is 85.0 Å². The molecule has 0 atom stereocenters. The number of rotatable bonds is 5. The van der Waals surface area contributed by atoms with Crippen LogP contribution < -0.4 is 11.5 Å². The monoisotopic (exact) mass is 714 g/mol. The first-order valence-electron chi connectivity index (χ1n) is 12.8. The Hall–Kier alpha value is -4.86. The summed E-state index contributed by atoms with van der Waals surface area (Å²) in [6.07, 6.45) is 3.10. The van der Waals surface area contributed by atoms with Crippen molar-refractivity contribution in [2.24, 2.45) is 0 Å². The van der Waals surface area contributed by atoms with E-state index in [0.29, 0.717) is 45.8 Å². The van der Waals surface area contributed by atoms with Crippen molar-refractivity contribution in [1.82, 2.24) is 39.5 Å². The van der Waals surface area contributed by atoms with Gasteiger partial charge in [0.15, 0.2) is 22.9 Å². The van der Waals surface area contributed by atoms with Crippen LogP contribution in [0.2, 0.25) is 10.6 Å². The zero-order valence-corrected chi connectivity index (χ0v) is 26.8. The van der Waals surface area contributed by atoms with Crippen molar-refractivity contribution in [2.45, 2.75) is 11.9 Å². The van der Waals surface area contributed by atoms with E-state index in [4.69, 9.17) is 39.4 Å². The van der Waals surface area contributed by atoms with E-state index in [1.807, 2.05) is 18.2 Å². The van der Waals surface area contributed by atoms with Crippen molar-refractivity contribution < 1.29 is 19.1 Å². The summed E-state index contributed by atoms with van der Waals surface area (Å²) in [6, 6.07) is 14.5. The lowest BCUT2D eigenvalue weighted by Gasteiger charge is -2.06. The van der Waals surface area contributed by atoms with Gasteiger partial charge in [-0.2, -0.15) is 19.9 Å². The molecule has 0 saturated heterocycles. The maximum atomic E-state index is 11.6. The van der Waals surface area contributed by atoms with Gasteiger partial charge in [0, 0.05) is 5.33 Å². The molecular weight excluding hydrogens is 691 g/mol. The van der Waals surface area contributed by atoms with E-state index < -0.39 is 0 Å². The van der Waals surface area contributed by atoms with Gasteiger partial charge < -0.3 is 30.5 Å². The maximum Gasteiger partial charge on any atom is 0.337 e. The molecule has 232 valence electrons. The van der Waals surface area contributed by atoms with Crippen LogP contribution in [0.5, 0.6) is 0 Å². The zero-order chi connectivity index (χ0) is 32.5. The van der Waals surface area contributed by atoms with Crippen LogP contribution in [0.3, 0.4) is 0 Å². The lowest BCUT2D eigenvalue weighted by atomic mass is 10.1. The number of carbonyl (C=O) groups excluding carboxylic acids is 2. The minimum Gasteiger partial charge on any atom is -0.465 e. The Morgan fingerprint density at radius 2 is 1.47 bits per heavy atom. The Labute approximate surface area is 274 Å². The molecular formula is C28H25BrCl2N10O4. The van der Waals surface area contributed by atoms with Crippen molar-refractivity contribution in [3.8, 4) is 0 Å². The predicted molar refractivity (Wildman–Crippen MR) is 173 cm³/mol. The van der Waals surface area contributed by atoms with E-state index in [9.17, 15) is 9.59 Å². The number of nitrogens with two attached hydrogens (primary N) is 2. The standard InChI is InChI=1S/C14H12ClN5O2.C9H9BrO2.C5H4ClN5/c1-22-13(21)9-4-2-3-8(5-9)6-20-7-17-10-11(16)18-14(15)19-12(10)20;1-12-9(11)8-4-2-3-7(5-8)6-10;6-5-10-3(7)2-4(11-5)9-1-8-2/h2-5,7H,6H2,1H3,(H2,16,18,19);2-5H,6H2,1H3;1H,(H3,7,8,9,10,11). The maximum absolute atomic E-state index is 11.6. The summed E-state index contributed by atoms with van der Waals surface area (Å²) in [5, 5.41) is 0.926. The van der Waals surface area contributed by atoms with Crippen LogP contribution in [0.25, 0.3) is 22.3 Å². The summed E-state index contributed by atoms with van der Waals surface area (Å²) in [6.45, 7) is 0.466. The smallest absolute Gasteiger partial charge is 0.337 e. The number of hydrogen-bond acceptors (Lipinski definition) is 12. The Morgan fingerprint density at radius 1 is 0.867 bits per heavy atom. The number of anilines is 2. The third-order valence-corrected chi connectivity index (χ3v) is 6.94. The number of methoxy groups -OCH3 is 2. The summed E-state index contributed by atoms with van der Waals surface area (Å²) in [4.78, 5) is 49.1. The van der Waals surface area contributed by atoms with Crippen LogP contribution in [0.1, 0.15) is 31.8 Å². The first kappa shape index (κ1) is 33.0. The summed E-state index contributed by atoms with van der Waals surface area (Å²) in [7, 11) is 2.73. The lowest BCUT2D eigenvalue weighted by molar-refractivity contribution is 0.0591. The number of esters is 2. The Balaban J connectivity index is 0.000000169. The van der Waals surface area contributed by atoms with Crippen LogP contribution in [0.4, 0.5) is 11.6 Å². The quantitative estimate of drug-likeness (QED) is 0.125. The molecule has 0 aliphatic heterocycles. The predicted octanol–water partition coefficient (Wildman–Crippen LogP) is 4.85. The number of nitrogens with zero attached hydrogens (tertiary/aromatic N) is 7. The van der Waals surface area contributed by atoms with Gasteiger partial charge in [0.2, 0.25) is 10.6 Å². The molecule has 0 radical (unpaired) electrons. The third kappa shape index (κ3) is 8.41. The van der Waals surface area contributed by atoms with Crippen molar-refractivity contribution in [3.05, 3.63) is 94.0 Å². The van der Waals surface area contributed by atoms with E-state index in [-0.39, 0.29) is 28.3 Å². The molecule has 0 spiro atoms. The average molecular weight is 716 g/mol. The zero-order valence-electron chi connectivity index (χ0n) is 23.7. The lowest BCUT2D eigenvalue weighted by Crippen LogP contribution is -2.04. The molecule has 4 heterocycles. The molecule has 45 heavy (non-hydrogen) atoms. The molecule has 0 fully saturated rings. The molecule has 0 aliphatic rings. The van der Waals surface area contributed by atoms with Gasteiger partial charge in [-0.05, 0) is 58.6 Å². The fourth-order valence-corrected chi connectivity index (χ4v) is 4.58. The van der Waals surface area contributed by atoms with Crippen LogP contribution in [-0.2, 0) is 21.3 Å². The summed E-state index contributed by atoms with van der Waals surface area (Å²) >= 11 is 14.7. The van der Waals surface area contributed by atoms with Crippen molar-refractivity contribution in [1.29, 1.82) is 0 Å². The highest BCUT2D eigenvalue weighted by molar-refractivity contribution is 9.08. The summed E-state index contributed by atoms with van der Waals surface area (Å²) in [5.74, 6) is -0.126. The van der Waals surface area contributed by atoms with Gasteiger partial charge in [-0.25, -0.2) is 19.6 Å². The van der Waals surface area contributed by atoms with Crippen LogP contribution in [-0.4, -0.2) is 65.6 Å². The van der Waals surface area contributed by atoms with E-state index in [0.717, 1.165) is 16.5 Å². The molecule has 0 bridgehead atoms. The van der Waals surface area contributed by atoms with Crippen molar-refractivity contribution in [3.63, 3.8) is 0 Å². The van der Waals surface area contributed by atoms with Gasteiger partial charge in [-0.3, -0.25) is 0 Å². The molecule has 6 aromatic rings. The fraction of sp³-hybridized carbons (Fsp3) is 0.143. The minimum atomic E-state index is -0.382. The minimum absolute atomic E-state index is 0.0649. The Morgan fingerprint density at radius 3 is 2.11 bits per heavy atom. The highest BCUT2D eigenvalue weighted by Crippen LogP contribution is 2.20. The number of fused-ring (bicyclic) bond motifs is 2. The number of imidazole rings is 2. The first-order valence-corrected chi connectivity index (χ1v) is 14.7. The molecule has 0 amide bonds. The van der Waals surface area contributed by atoms with Gasteiger partial charge in [0.25, 0.3) is 0 Å². The van der Waals surface area contributed by atoms with E-state index in [2.05, 4.69) is 55.6 Å². The fourth-order valence-electron chi connectivity index (χ4n) is 3.89. The van der Waals surface area contributed by atoms with Crippen LogP contribution >= 0.6 is 39.1 Å². The average Bonchev–Trinajstić information content (AvgIpc) is 3.68. The highest BCUT2D eigenvalue weighted by atomic mass is 79.9. The number of hydrogen-bond donors (Lipinski definition) is 3. The molecule has 5 N–H and O–H groups in total. The molecule has 0 saturated carbocycles. The second-order valence-corrected chi connectivity index (χ2v) is 10.2. The van der Waals surface area contributed by atoms with Gasteiger partial charge in [0.05, 0.1) is 44.5 Å². The Kier molecular flexibility index (Phi) is 11.2. The molecule has 0 aliphatic carbocycles. The number of nitrogen functional groups attached to an aromatic ring is 2. The number of ether oxygens (including phenoxy) is 2.